The van der Waals surface area contributed by atoms with Gasteiger partial charge in [-0.2, -0.15) is 5.10 Å². The number of halogens is 2. The number of benzene rings is 2. The maximum Gasteiger partial charge on any atom is 0.269 e. The van der Waals surface area contributed by atoms with Gasteiger partial charge in [0.2, 0.25) is 0 Å². The summed E-state index contributed by atoms with van der Waals surface area (Å²) in [6.45, 7) is 4.13. The number of aliphatic hydroxyl groups is 1. The van der Waals surface area contributed by atoms with Crippen LogP contribution in [0.3, 0.4) is 0 Å². The van der Waals surface area contributed by atoms with Gasteiger partial charge >= 0.3 is 0 Å². The van der Waals surface area contributed by atoms with E-state index in [1.165, 1.54) is 35.5 Å². The quantitative estimate of drug-likeness (QED) is 0.429. The van der Waals surface area contributed by atoms with Crippen molar-refractivity contribution >= 4 is 11.4 Å². The topological polar surface area (TPSA) is 101 Å². The number of rotatable bonds is 7. The van der Waals surface area contributed by atoms with Crippen LogP contribution in [-0.4, -0.2) is 61.9 Å². The van der Waals surface area contributed by atoms with Crippen LogP contribution in [0.15, 0.2) is 55.1 Å². The number of hydrogen-bond donors (Lipinski definition) is 1. The van der Waals surface area contributed by atoms with Crippen molar-refractivity contribution in [2.24, 2.45) is 0 Å². The van der Waals surface area contributed by atoms with E-state index in [2.05, 4.69) is 15.0 Å². The lowest BCUT2D eigenvalue weighted by Crippen LogP contribution is -2.57. The number of aromatic nitrogens is 3. The van der Waals surface area contributed by atoms with E-state index in [1.54, 1.807) is 19.1 Å². The molecule has 0 bridgehead atoms. The van der Waals surface area contributed by atoms with Crippen LogP contribution in [0.4, 0.5) is 20.2 Å². The Bertz CT molecular complexity index is 1100. The molecule has 0 spiro atoms. The Morgan fingerprint density at radius 2 is 1.85 bits per heavy atom. The molecule has 2 atom stereocenters. The van der Waals surface area contributed by atoms with Crippen LogP contribution in [0.5, 0.6) is 0 Å². The Hall–Kier alpha value is -3.44. The number of nitro benzene ring substituents is 1. The first-order valence-electron chi connectivity index (χ1n) is 10.5. The monoisotopic (exact) mass is 458 g/mol. The SMILES string of the molecule is CC(N1CCN(c2ccc([N+](=O)[O-])cc2)CC1)C(O)(Cn1cncn1)c1ccc(F)cc1F. The summed E-state index contributed by atoms with van der Waals surface area (Å²) in [5, 5.41) is 26.7. The van der Waals surface area contributed by atoms with Crippen LogP contribution in [-0.2, 0) is 12.1 Å². The van der Waals surface area contributed by atoms with Gasteiger partial charge in [-0.1, -0.05) is 6.07 Å². The summed E-state index contributed by atoms with van der Waals surface area (Å²) in [5.74, 6) is -1.54. The molecule has 1 aliphatic heterocycles. The molecule has 0 radical (unpaired) electrons. The molecule has 33 heavy (non-hydrogen) atoms. The first-order chi connectivity index (χ1) is 15.8. The molecular formula is C22H24F2N6O3. The molecular weight excluding hydrogens is 434 g/mol. The maximum absolute atomic E-state index is 14.8. The summed E-state index contributed by atoms with van der Waals surface area (Å²) < 4.78 is 29.7. The molecule has 1 aromatic heterocycles. The minimum absolute atomic E-state index is 0.00954. The van der Waals surface area contributed by atoms with E-state index in [-0.39, 0.29) is 17.8 Å². The molecule has 11 heteroatoms. The van der Waals surface area contributed by atoms with Crippen molar-refractivity contribution in [3.8, 4) is 0 Å². The number of hydrogen-bond acceptors (Lipinski definition) is 7. The minimum atomic E-state index is -1.69. The van der Waals surface area contributed by atoms with Crippen LogP contribution >= 0.6 is 0 Å². The number of piperazine rings is 1. The predicted octanol–water partition coefficient (Wildman–Crippen LogP) is 2.56. The summed E-state index contributed by atoms with van der Waals surface area (Å²) in [7, 11) is 0. The highest BCUT2D eigenvalue weighted by molar-refractivity contribution is 5.51. The number of non-ortho nitro benzene ring substituents is 1. The molecule has 3 aromatic rings. The first kappa shape index (κ1) is 22.7. The van der Waals surface area contributed by atoms with Crippen LogP contribution < -0.4 is 4.90 Å². The van der Waals surface area contributed by atoms with E-state index in [4.69, 9.17) is 0 Å². The van der Waals surface area contributed by atoms with Gasteiger partial charge in [0, 0.05) is 61.7 Å². The van der Waals surface area contributed by atoms with E-state index >= 15 is 0 Å². The van der Waals surface area contributed by atoms with Crippen molar-refractivity contribution in [2.75, 3.05) is 31.1 Å². The lowest BCUT2D eigenvalue weighted by molar-refractivity contribution is -0.384. The Balaban J connectivity index is 1.53. The second-order valence-electron chi connectivity index (χ2n) is 8.11. The second kappa shape index (κ2) is 9.20. The first-order valence-corrected chi connectivity index (χ1v) is 10.5. The lowest BCUT2D eigenvalue weighted by atomic mass is 9.85. The molecule has 2 heterocycles. The summed E-state index contributed by atoms with van der Waals surface area (Å²) in [5.41, 5.74) is -0.799. The second-order valence-corrected chi connectivity index (χ2v) is 8.11. The molecule has 1 fully saturated rings. The van der Waals surface area contributed by atoms with Crippen LogP contribution in [0, 0.1) is 21.7 Å². The Kier molecular flexibility index (Phi) is 6.34. The highest BCUT2D eigenvalue weighted by atomic mass is 19.1. The highest BCUT2D eigenvalue weighted by Crippen LogP contribution is 2.33. The minimum Gasteiger partial charge on any atom is -0.381 e. The third-order valence-corrected chi connectivity index (χ3v) is 6.25. The molecule has 0 aliphatic carbocycles. The van der Waals surface area contributed by atoms with Gasteiger partial charge in [0.25, 0.3) is 5.69 Å². The fourth-order valence-corrected chi connectivity index (χ4v) is 4.30. The Morgan fingerprint density at radius 1 is 1.15 bits per heavy atom. The van der Waals surface area contributed by atoms with Crippen LogP contribution in [0.2, 0.25) is 0 Å². The van der Waals surface area contributed by atoms with Gasteiger partial charge in [-0.05, 0) is 25.1 Å². The maximum atomic E-state index is 14.8. The third-order valence-electron chi connectivity index (χ3n) is 6.25. The van der Waals surface area contributed by atoms with E-state index in [1.807, 2.05) is 4.90 Å². The third kappa shape index (κ3) is 4.69. The average Bonchev–Trinajstić information content (AvgIpc) is 3.31. The largest absolute Gasteiger partial charge is 0.381 e. The molecule has 4 rings (SSSR count). The van der Waals surface area contributed by atoms with Gasteiger partial charge in [-0.25, -0.2) is 18.4 Å². The van der Waals surface area contributed by atoms with Crippen LogP contribution in [0.1, 0.15) is 12.5 Å². The molecule has 0 saturated carbocycles. The van der Waals surface area contributed by atoms with Crippen molar-refractivity contribution in [3.63, 3.8) is 0 Å². The zero-order valence-electron chi connectivity index (χ0n) is 18.0. The van der Waals surface area contributed by atoms with Crippen molar-refractivity contribution < 1.29 is 18.8 Å². The zero-order chi connectivity index (χ0) is 23.6. The van der Waals surface area contributed by atoms with Gasteiger partial charge in [0.05, 0.1) is 11.5 Å². The fraction of sp³-hybridized carbons (Fsp3) is 0.364. The molecule has 1 saturated heterocycles. The molecule has 2 unspecified atom stereocenters. The molecule has 2 aromatic carbocycles. The zero-order valence-corrected chi connectivity index (χ0v) is 18.0. The van der Waals surface area contributed by atoms with Gasteiger partial charge < -0.3 is 10.0 Å². The molecule has 174 valence electrons. The van der Waals surface area contributed by atoms with Crippen molar-refractivity contribution in [2.45, 2.75) is 25.1 Å². The van der Waals surface area contributed by atoms with E-state index in [0.29, 0.717) is 26.2 Å². The summed E-state index contributed by atoms with van der Waals surface area (Å²) in [6, 6.07) is 9.01. The summed E-state index contributed by atoms with van der Waals surface area (Å²) in [4.78, 5) is 18.5. The van der Waals surface area contributed by atoms with Crippen molar-refractivity contribution in [1.29, 1.82) is 0 Å². The normalized spacial score (nSPS) is 17.5. The van der Waals surface area contributed by atoms with E-state index < -0.39 is 28.2 Å². The smallest absolute Gasteiger partial charge is 0.269 e. The standard InChI is InChI=1S/C22H24F2N6O3/c1-16(27-8-10-28(11-9-27)18-3-5-19(6-4-18)30(32)33)22(31,13-29-15-25-14-26-29)20-7-2-17(23)12-21(20)24/h2-7,12,14-16,31H,8-11,13H2,1H3. The molecule has 1 N–H and O–H groups in total. The Morgan fingerprint density at radius 3 is 2.42 bits per heavy atom. The van der Waals surface area contributed by atoms with Crippen molar-refractivity contribution in [3.05, 3.63) is 82.4 Å². The van der Waals surface area contributed by atoms with E-state index in [0.717, 1.165) is 17.8 Å². The molecule has 1 aliphatic rings. The van der Waals surface area contributed by atoms with Gasteiger partial charge in [0.1, 0.15) is 29.9 Å². The fourth-order valence-electron chi connectivity index (χ4n) is 4.30. The van der Waals surface area contributed by atoms with Gasteiger partial charge in [0.15, 0.2) is 0 Å². The van der Waals surface area contributed by atoms with Gasteiger partial charge in [-0.3, -0.25) is 15.0 Å². The average molecular weight is 458 g/mol. The number of nitrogens with zero attached hydrogens (tertiary/aromatic N) is 6. The Labute approximate surface area is 189 Å². The lowest BCUT2D eigenvalue weighted by Gasteiger charge is -2.45. The van der Waals surface area contributed by atoms with Crippen molar-refractivity contribution in [1.82, 2.24) is 19.7 Å². The van der Waals surface area contributed by atoms with Crippen LogP contribution in [0.25, 0.3) is 0 Å². The molecule has 9 nitrogen and oxygen atoms in total. The highest BCUT2D eigenvalue weighted by Gasteiger charge is 2.42. The predicted molar refractivity (Wildman–Crippen MR) is 117 cm³/mol. The molecule has 0 amide bonds. The number of nitro groups is 1. The summed E-state index contributed by atoms with van der Waals surface area (Å²) in [6.07, 6.45) is 2.76. The summed E-state index contributed by atoms with van der Waals surface area (Å²) >= 11 is 0. The number of anilines is 1. The van der Waals surface area contributed by atoms with Gasteiger partial charge in [-0.15, -0.1) is 0 Å². The van der Waals surface area contributed by atoms with E-state index in [9.17, 15) is 24.0 Å².